The van der Waals surface area contributed by atoms with Crippen molar-refractivity contribution < 1.29 is 27.1 Å². The minimum atomic E-state index is -3.26. The lowest BCUT2D eigenvalue weighted by molar-refractivity contribution is 0.0492. The highest BCUT2D eigenvalue weighted by Crippen LogP contribution is 2.45. The number of nitrogens with two attached hydrogens (primary N) is 1. The molecule has 6 nitrogen and oxygen atoms in total. The Morgan fingerprint density at radius 3 is 2.37 bits per heavy atom. The highest BCUT2D eigenvalue weighted by molar-refractivity contribution is 8.00. The van der Waals surface area contributed by atoms with Gasteiger partial charge in [-0.05, 0) is 108 Å². The summed E-state index contributed by atoms with van der Waals surface area (Å²) in [5, 5.41) is 3.10. The standard InChI is InChI=1S/C39H43ClF4N4O2S/c1-23(2)39(43,44)22-48-17-9-10-31(45)33-30(40)14-13-29(35(33)48)28-12-11-27(15-16-38(6,7)51-8)46-34(28)32(47-36(49)50-37(3,4)5)20-24-18-25(41)21-26(42)19-24/h10-14,18-19,21,32H,1,9,17,20,22,45H2,2-8H3,(H,47,49)/t32-/m0/s1. The van der Waals surface area contributed by atoms with E-state index in [1.54, 1.807) is 62.9 Å². The summed E-state index contributed by atoms with van der Waals surface area (Å²) in [7, 11) is 0. The summed E-state index contributed by atoms with van der Waals surface area (Å²) in [5.41, 5.74) is 8.05. The lowest BCUT2D eigenvalue weighted by Crippen LogP contribution is -2.39. The van der Waals surface area contributed by atoms with Crippen molar-refractivity contribution in [2.45, 2.75) is 76.7 Å². The van der Waals surface area contributed by atoms with Crippen LogP contribution in [0.2, 0.25) is 5.02 Å². The van der Waals surface area contributed by atoms with Crippen LogP contribution in [0.25, 0.3) is 16.8 Å². The number of rotatable bonds is 9. The molecule has 1 amide bonds. The topological polar surface area (TPSA) is 80.5 Å². The molecule has 0 fully saturated rings. The number of carbonyl (C=O) groups is 1. The van der Waals surface area contributed by atoms with E-state index in [4.69, 9.17) is 27.1 Å². The van der Waals surface area contributed by atoms with Gasteiger partial charge in [-0.1, -0.05) is 36.2 Å². The van der Waals surface area contributed by atoms with Crippen molar-refractivity contribution in [3.8, 4) is 23.0 Å². The van der Waals surface area contributed by atoms with E-state index < -0.39 is 46.6 Å². The Morgan fingerprint density at radius 1 is 1.12 bits per heavy atom. The Labute approximate surface area is 306 Å². The van der Waals surface area contributed by atoms with Gasteiger partial charge in [-0.15, -0.1) is 11.8 Å². The van der Waals surface area contributed by atoms with E-state index >= 15 is 8.78 Å². The smallest absolute Gasteiger partial charge is 0.408 e. The molecule has 1 atom stereocenters. The van der Waals surface area contributed by atoms with Crippen molar-refractivity contribution in [3.05, 3.63) is 99.9 Å². The molecule has 0 unspecified atom stereocenters. The molecule has 2 heterocycles. The zero-order chi connectivity index (χ0) is 37.9. The first-order chi connectivity index (χ1) is 23.7. The Bertz CT molecular complexity index is 1890. The lowest BCUT2D eigenvalue weighted by atomic mass is 9.91. The number of hydrogen-bond acceptors (Lipinski definition) is 6. The van der Waals surface area contributed by atoms with E-state index in [9.17, 15) is 13.6 Å². The van der Waals surface area contributed by atoms with Crippen molar-refractivity contribution in [1.29, 1.82) is 0 Å². The summed E-state index contributed by atoms with van der Waals surface area (Å²) in [4.78, 5) is 19.8. The zero-order valence-corrected chi connectivity index (χ0v) is 31.4. The molecule has 1 aliphatic heterocycles. The number of hydrogen-bond donors (Lipinski definition) is 2. The highest BCUT2D eigenvalue weighted by atomic mass is 35.5. The van der Waals surface area contributed by atoms with Gasteiger partial charge in [0.25, 0.3) is 5.92 Å². The fourth-order valence-corrected chi connectivity index (χ4v) is 5.86. The van der Waals surface area contributed by atoms with Crippen LogP contribution in [0.15, 0.2) is 60.7 Å². The maximum absolute atomic E-state index is 15.4. The summed E-state index contributed by atoms with van der Waals surface area (Å²) in [5.74, 6) is 1.45. The van der Waals surface area contributed by atoms with Crippen molar-refractivity contribution >= 4 is 40.8 Å². The number of alkyl halides is 2. The summed E-state index contributed by atoms with van der Waals surface area (Å²) in [6.07, 6.45) is 3.12. The Kier molecular flexibility index (Phi) is 12.1. The van der Waals surface area contributed by atoms with Crippen molar-refractivity contribution in [2.24, 2.45) is 5.73 Å². The predicted molar refractivity (Wildman–Crippen MR) is 200 cm³/mol. The Hall–Kier alpha value is -4.14. The molecule has 2 aromatic carbocycles. The Balaban J connectivity index is 2.05. The molecule has 272 valence electrons. The second-order valence-electron chi connectivity index (χ2n) is 13.9. The van der Waals surface area contributed by atoms with Gasteiger partial charge >= 0.3 is 6.09 Å². The highest BCUT2D eigenvalue weighted by Gasteiger charge is 2.36. The number of amides is 1. The van der Waals surface area contributed by atoms with Gasteiger partial charge in [0, 0.05) is 35.0 Å². The molecule has 0 saturated carbocycles. The number of thioether (sulfide) groups is 1. The molecule has 0 spiro atoms. The molecule has 1 aliphatic rings. The number of benzene rings is 2. The van der Waals surface area contributed by atoms with E-state index in [1.165, 1.54) is 24.0 Å². The van der Waals surface area contributed by atoms with Gasteiger partial charge in [0.05, 0.1) is 33.7 Å². The number of nitrogens with zero attached hydrogens (tertiary/aromatic N) is 2. The summed E-state index contributed by atoms with van der Waals surface area (Å²) in [6, 6.07) is 8.77. The third-order valence-corrected chi connectivity index (χ3v) is 9.55. The first-order valence-corrected chi connectivity index (χ1v) is 17.9. The molecule has 0 radical (unpaired) electrons. The molecule has 12 heteroatoms. The third kappa shape index (κ3) is 10.2. The zero-order valence-electron chi connectivity index (χ0n) is 29.8. The van der Waals surface area contributed by atoms with E-state index in [2.05, 4.69) is 23.7 Å². The van der Waals surface area contributed by atoms with Crippen LogP contribution in [0.1, 0.15) is 76.5 Å². The van der Waals surface area contributed by atoms with Gasteiger partial charge in [0.15, 0.2) is 0 Å². The van der Waals surface area contributed by atoms with E-state index in [0.717, 1.165) is 6.07 Å². The monoisotopic (exact) mass is 742 g/mol. The van der Waals surface area contributed by atoms with Crippen LogP contribution in [0.4, 0.5) is 28.0 Å². The minimum Gasteiger partial charge on any atom is -0.444 e. The van der Waals surface area contributed by atoms with Crippen LogP contribution in [-0.2, 0) is 11.2 Å². The Morgan fingerprint density at radius 2 is 1.76 bits per heavy atom. The van der Waals surface area contributed by atoms with Gasteiger partial charge in [-0.2, -0.15) is 8.78 Å². The number of anilines is 1. The largest absolute Gasteiger partial charge is 0.444 e. The average Bonchev–Trinajstić information content (AvgIpc) is 3.17. The number of alkyl carbamates (subject to hydrolysis) is 1. The van der Waals surface area contributed by atoms with Crippen molar-refractivity contribution in [2.75, 3.05) is 24.2 Å². The molecule has 51 heavy (non-hydrogen) atoms. The molecular formula is C39H43ClF4N4O2S. The molecule has 4 rings (SSSR count). The summed E-state index contributed by atoms with van der Waals surface area (Å²) >= 11 is 8.28. The average molecular weight is 743 g/mol. The number of ether oxygens (including phenoxy) is 1. The molecule has 3 N–H and O–H groups in total. The maximum Gasteiger partial charge on any atom is 0.408 e. The number of aromatic nitrogens is 1. The van der Waals surface area contributed by atoms with Crippen LogP contribution in [0.3, 0.4) is 0 Å². The SMILES string of the molecule is C=C(C)C(F)(F)CN1CCC=C(N)c2c(Cl)ccc(-c3ccc(C#CC(C)(C)SC)nc3[C@H](Cc3cc(F)cc(F)c3)NC(=O)OC(C)(C)C)c21. The van der Waals surface area contributed by atoms with Crippen LogP contribution in [-0.4, -0.2) is 46.7 Å². The van der Waals surface area contributed by atoms with Gasteiger partial charge in [-0.3, -0.25) is 0 Å². The first kappa shape index (κ1) is 39.6. The van der Waals surface area contributed by atoms with Crippen LogP contribution in [0, 0.1) is 23.5 Å². The van der Waals surface area contributed by atoms with Crippen molar-refractivity contribution in [3.63, 3.8) is 0 Å². The second kappa shape index (κ2) is 15.6. The summed E-state index contributed by atoms with van der Waals surface area (Å²) in [6.45, 7) is 13.3. The molecule has 1 aromatic heterocycles. The lowest BCUT2D eigenvalue weighted by Gasteiger charge is -2.32. The quantitative estimate of drug-likeness (QED) is 0.129. The van der Waals surface area contributed by atoms with Gasteiger partial charge in [0.1, 0.15) is 22.9 Å². The maximum atomic E-state index is 15.4. The molecule has 0 aliphatic carbocycles. The fourth-order valence-electron chi connectivity index (χ4n) is 5.44. The van der Waals surface area contributed by atoms with Gasteiger partial charge in [0.2, 0.25) is 0 Å². The minimum absolute atomic E-state index is 0.115. The van der Waals surface area contributed by atoms with Crippen LogP contribution in [0.5, 0.6) is 0 Å². The molecule has 0 saturated heterocycles. The number of nitrogens with one attached hydrogen (secondary N) is 1. The van der Waals surface area contributed by atoms with Gasteiger partial charge < -0.3 is 20.7 Å². The van der Waals surface area contributed by atoms with E-state index in [-0.39, 0.29) is 34.8 Å². The predicted octanol–water partition coefficient (Wildman–Crippen LogP) is 9.70. The van der Waals surface area contributed by atoms with Crippen molar-refractivity contribution in [1.82, 2.24) is 10.3 Å². The molecule has 3 aromatic rings. The van der Waals surface area contributed by atoms with Gasteiger partial charge in [-0.25, -0.2) is 18.6 Å². The number of pyridine rings is 1. The molecular weight excluding hydrogens is 700 g/mol. The fraction of sp³-hybridized carbons (Fsp3) is 0.385. The molecule has 0 bridgehead atoms. The van der Waals surface area contributed by atoms with E-state index in [0.29, 0.717) is 40.2 Å². The third-order valence-electron chi connectivity index (χ3n) is 8.11. The first-order valence-electron chi connectivity index (χ1n) is 16.3. The van der Waals surface area contributed by atoms with E-state index in [1.807, 2.05) is 20.1 Å². The number of carbonyl (C=O) groups excluding carboxylic acids is 1. The second-order valence-corrected chi connectivity index (χ2v) is 15.8. The van der Waals surface area contributed by atoms with Crippen LogP contribution >= 0.6 is 23.4 Å². The summed E-state index contributed by atoms with van der Waals surface area (Å²) < 4.78 is 64.9. The van der Waals surface area contributed by atoms with Crippen LogP contribution < -0.4 is 16.0 Å². The number of fused-ring (bicyclic) bond motifs is 1. The number of halogens is 5. The normalized spacial score (nSPS) is 14.0.